The molecule has 0 spiro atoms. The minimum absolute atomic E-state index is 0.0271. The number of nitrogens with one attached hydrogen (secondary N) is 2. The second kappa shape index (κ2) is 8.10. The zero-order valence-corrected chi connectivity index (χ0v) is 11.1. The van der Waals surface area contributed by atoms with E-state index in [-0.39, 0.29) is 12.5 Å². The third-order valence-corrected chi connectivity index (χ3v) is 2.13. The molecule has 0 fully saturated rings. The SMILES string of the molecule is CCOCC(=O)Nc1ccc(NC(=O)OCC)cc1. The number of amides is 2. The van der Waals surface area contributed by atoms with Crippen LogP contribution in [0.1, 0.15) is 13.8 Å². The molecular weight excluding hydrogens is 248 g/mol. The summed E-state index contributed by atoms with van der Waals surface area (Å²) in [7, 11) is 0. The van der Waals surface area contributed by atoms with E-state index in [1.807, 2.05) is 6.92 Å². The van der Waals surface area contributed by atoms with Gasteiger partial charge in [-0.25, -0.2) is 4.79 Å². The maximum atomic E-state index is 11.4. The molecule has 0 aliphatic heterocycles. The molecule has 0 radical (unpaired) electrons. The van der Waals surface area contributed by atoms with Gasteiger partial charge in [0.05, 0.1) is 6.61 Å². The van der Waals surface area contributed by atoms with Crippen LogP contribution in [0.3, 0.4) is 0 Å². The Morgan fingerprint density at radius 2 is 1.58 bits per heavy atom. The highest BCUT2D eigenvalue weighted by Gasteiger charge is 2.04. The van der Waals surface area contributed by atoms with Crippen LogP contribution >= 0.6 is 0 Å². The van der Waals surface area contributed by atoms with E-state index in [0.717, 1.165) is 0 Å². The molecule has 0 aromatic heterocycles. The third kappa shape index (κ3) is 5.87. The van der Waals surface area contributed by atoms with Gasteiger partial charge in [-0.05, 0) is 38.1 Å². The topological polar surface area (TPSA) is 76.7 Å². The highest BCUT2D eigenvalue weighted by atomic mass is 16.5. The number of ether oxygens (including phenoxy) is 2. The molecular formula is C13H18N2O4. The van der Waals surface area contributed by atoms with Crippen LogP contribution in [-0.2, 0) is 14.3 Å². The Balaban J connectivity index is 2.47. The normalized spacial score (nSPS) is 9.79. The molecule has 0 bridgehead atoms. The van der Waals surface area contributed by atoms with Crippen molar-refractivity contribution in [1.29, 1.82) is 0 Å². The van der Waals surface area contributed by atoms with Crippen LogP contribution in [0.15, 0.2) is 24.3 Å². The smallest absolute Gasteiger partial charge is 0.411 e. The predicted octanol–water partition coefficient (Wildman–Crippen LogP) is 2.23. The summed E-state index contributed by atoms with van der Waals surface area (Å²) in [5.74, 6) is -0.215. The van der Waals surface area contributed by atoms with E-state index in [1.54, 1.807) is 31.2 Å². The van der Waals surface area contributed by atoms with E-state index < -0.39 is 6.09 Å². The lowest BCUT2D eigenvalue weighted by atomic mass is 10.3. The molecule has 6 nitrogen and oxygen atoms in total. The van der Waals surface area contributed by atoms with Crippen LogP contribution in [0.4, 0.5) is 16.2 Å². The van der Waals surface area contributed by atoms with E-state index in [2.05, 4.69) is 10.6 Å². The van der Waals surface area contributed by atoms with E-state index >= 15 is 0 Å². The van der Waals surface area contributed by atoms with Gasteiger partial charge in [0.25, 0.3) is 0 Å². The highest BCUT2D eigenvalue weighted by molar-refractivity contribution is 5.92. The summed E-state index contributed by atoms with van der Waals surface area (Å²) in [5.41, 5.74) is 1.24. The Labute approximate surface area is 112 Å². The van der Waals surface area contributed by atoms with Crippen LogP contribution in [0.5, 0.6) is 0 Å². The molecule has 1 rings (SSSR count). The Kier molecular flexibility index (Phi) is 6.38. The van der Waals surface area contributed by atoms with Gasteiger partial charge in [-0.1, -0.05) is 0 Å². The molecule has 1 aromatic carbocycles. The summed E-state index contributed by atoms with van der Waals surface area (Å²) in [4.78, 5) is 22.6. The van der Waals surface area contributed by atoms with Crippen molar-refractivity contribution in [3.8, 4) is 0 Å². The Morgan fingerprint density at radius 3 is 2.11 bits per heavy atom. The number of hydrogen-bond acceptors (Lipinski definition) is 4. The lowest BCUT2D eigenvalue weighted by Crippen LogP contribution is -2.18. The van der Waals surface area contributed by atoms with Crippen molar-refractivity contribution >= 4 is 23.4 Å². The van der Waals surface area contributed by atoms with Gasteiger partial charge in [-0.2, -0.15) is 0 Å². The second-order valence-corrected chi connectivity index (χ2v) is 3.61. The molecule has 104 valence electrons. The van der Waals surface area contributed by atoms with Crippen LogP contribution in [0.2, 0.25) is 0 Å². The first kappa shape index (κ1) is 15.0. The average molecular weight is 266 g/mol. The van der Waals surface area contributed by atoms with Crippen molar-refractivity contribution in [2.45, 2.75) is 13.8 Å². The van der Waals surface area contributed by atoms with Crippen molar-refractivity contribution in [3.05, 3.63) is 24.3 Å². The number of rotatable bonds is 6. The predicted molar refractivity (Wildman–Crippen MR) is 72.2 cm³/mol. The Hall–Kier alpha value is -2.08. The first-order valence-corrected chi connectivity index (χ1v) is 6.07. The third-order valence-electron chi connectivity index (χ3n) is 2.13. The van der Waals surface area contributed by atoms with Gasteiger partial charge in [0, 0.05) is 18.0 Å². The van der Waals surface area contributed by atoms with Crippen LogP contribution in [0, 0.1) is 0 Å². The fourth-order valence-corrected chi connectivity index (χ4v) is 1.31. The number of carbonyl (C=O) groups is 2. The van der Waals surface area contributed by atoms with Gasteiger partial charge in [-0.3, -0.25) is 10.1 Å². The van der Waals surface area contributed by atoms with E-state index in [9.17, 15) is 9.59 Å². The molecule has 2 amide bonds. The van der Waals surface area contributed by atoms with Crippen LogP contribution in [0.25, 0.3) is 0 Å². The molecule has 1 aromatic rings. The monoisotopic (exact) mass is 266 g/mol. The molecule has 0 aliphatic carbocycles. The van der Waals surface area contributed by atoms with Crippen molar-refractivity contribution in [2.24, 2.45) is 0 Å². The standard InChI is InChI=1S/C13H18N2O4/c1-3-18-9-12(16)14-10-5-7-11(8-6-10)15-13(17)19-4-2/h5-8H,3-4,9H2,1-2H3,(H,14,16)(H,15,17). The largest absolute Gasteiger partial charge is 0.450 e. The van der Waals surface area contributed by atoms with Crippen LogP contribution in [-0.4, -0.2) is 31.8 Å². The molecule has 2 N–H and O–H groups in total. The summed E-state index contributed by atoms with van der Waals surface area (Å²) in [5, 5.41) is 5.23. The first-order chi connectivity index (χ1) is 9.15. The van der Waals surface area contributed by atoms with Gasteiger partial charge in [0.2, 0.25) is 5.91 Å². The van der Waals surface area contributed by atoms with Crippen molar-refractivity contribution in [2.75, 3.05) is 30.5 Å². The molecule has 0 unspecified atom stereocenters. The van der Waals surface area contributed by atoms with E-state index in [0.29, 0.717) is 24.6 Å². The van der Waals surface area contributed by atoms with Crippen molar-refractivity contribution < 1.29 is 19.1 Å². The summed E-state index contributed by atoms with van der Waals surface area (Å²) in [6.45, 7) is 4.40. The summed E-state index contributed by atoms with van der Waals surface area (Å²) in [6, 6.07) is 6.72. The highest BCUT2D eigenvalue weighted by Crippen LogP contribution is 2.13. The minimum atomic E-state index is -0.504. The number of carbonyl (C=O) groups excluding carboxylic acids is 2. The van der Waals surface area contributed by atoms with Gasteiger partial charge in [-0.15, -0.1) is 0 Å². The zero-order valence-electron chi connectivity index (χ0n) is 11.1. The summed E-state index contributed by atoms with van der Waals surface area (Å²) in [6.07, 6.45) is -0.504. The maximum absolute atomic E-state index is 11.4. The van der Waals surface area contributed by atoms with Gasteiger partial charge < -0.3 is 14.8 Å². The fourth-order valence-electron chi connectivity index (χ4n) is 1.31. The maximum Gasteiger partial charge on any atom is 0.411 e. The quantitative estimate of drug-likeness (QED) is 0.827. The number of benzene rings is 1. The van der Waals surface area contributed by atoms with Gasteiger partial charge in [0.15, 0.2) is 0 Å². The minimum Gasteiger partial charge on any atom is -0.450 e. The molecule has 0 heterocycles. The molecule has 0 aliphatic rings. The molecule has 6 heteroatoms. The van der Waals surface area contributed by atoms with E-state index in [1.165, 1.54) is 0 Å². The molecule has 19 heavy (non-hydrogen) atoms. The zero-order chi connectivity index (χ0) is 14.1. The summed E-state index contributed by atoms with van der Waals surface area (Å²) >= 11 is 0. The summed E-state index contributed by atoms with van der Waals surface area (Å²) < 4.78 is 9.73. The van der Waals surface area contributed by atoms with Crippen molar-refractivity contribution in [1.82, 2.24) is 0 Å². The van der Waals surface area contributed by atoms with Gasteiger partial charge in [0.1, 0.15) is 6.61 Å². The first-order valence-electron chi connectivity index (χ1n) is 6.07. The Morgan fingerprint density at radius 1 is 1.00 bits per heavy atom. The molecule has 0 atom stereocenters. The van der Waals surface area contributed by atoms with E-state index in [4.69, 9.17) is 9.47 Å². The van der Waals surface area contributed by atoms with Crippen molar-refractivity contribution in [3.63, 3.8) is 0 Å². The number of anilines is 2. The van der Waals surface area contributed by atoms with Crippen LogP contribution < -0.4 is 10.6 Å². The lowest BCUT2D eigenvalue weighted by Gasteiger charge is -2.07. The fraction of sp³-hybridized carbons (Fsp3) is 0.385. The Bertz CT molecular complexity index is 417. The lowest BCUT2D eigenvalue weighted by molar-refractivity contribution is -0.120. The number of hydrogen-bond donors (Lipinski definition) is 2. The second-order valence-electron chi connectivity index (χ2n) is 3.61. The van der Waals surface area contributed by atoms with Gasteiger partial charge >= 0.3 is 6.09 Å². The average Bonchev–Trinajstić information content (AvgIpc) is 2.39. The molecule has 0 saturated carbocycles. The molecule has 0 saturated heterocycles.